The third-order valence-electron chi connectivity index (χ3n) is 2.70. The van der Waals surface area contributed by atoms with E-state index in [0.29, 0.717) is 16.7 Å². The van der Waals surface area contributed by atoms with Crippen LogP contribution in [-0.4, -0.2) is 28.7 Å². The summed E-state index contributed by atoms with van der Waals surface area (Å²) < 4.78 is 5.58. The summed E-state index contributed by atoms with van der Waals surface area (Å²) in [4.78, 5) is 7.87. The van der Waals surface area contributed by atoms with E-state index in [2.05, 4.69) is 15.3 Å². The number of nitrogens with zero attached hydrogens (tertiary/aromatic N) is 2. The van der Waals surface area contributed by atoms with Gasteiger partial charge in [-0.2, -0.15) is 0 Å². The van der Waals surface area contributed by atoms with Gasteiger partial charge in [-0.3, -0.25) is 0 Å². The van der Waals surface area contributed by atoms with Crippen LogP contribution in [0.5, 0.6) is 0 Å². The molecule has 0 aliphatic carbocycles. The molecule has 0 saturated carbocycles. The summed E-state index contributed by atoms with van der Waals surface area (Å²) in [5, 5.41) is 3.57. The zero-order valence-corrected chi connectivity index (χ0v) is 9.87. The van der Waals surface area contributed by atoms with Crippen molar-refractivity contribution in [3.63, 3.8) is 0 Å². The smallest absolute Gasteiger partial charge is 0.150 e. The van der Waals surface area contributed by atoms with Gasteiger partial charge in [0.15, 0.2) is 5.82 Å². The first-order valence-corrected chi connectivity index (χ1v) is 5.70. The number of aromatic nitrogens is 2. The number of nitrogens with one attached hydrogen (secondary N) is 1. The predicted octanol–water partition coefficient (Wildman–Crippen LogP) is 1.69. The van der Waals surface area contributed by atoms with Crippen LogP contribution in [0.1, 0.15) is 19.8 Å². The monoisotopic (exact) mass is 242 g/mol. The molecule has 1 saturated heterocycles. The van der Waals surface area contributed by atoms with E-state index in [1.54, 1.807) is 0 Å². The maximum Gasteiger partial charge on any atom is 0.150 e. The molecule has 0 amide bonds. The lowest BCUT2D eigenvalue weighted by Crippen LogP contribution is -2.30. The van der Waals surface area contributed by atoms with E-state index >= 15 is 0 Å². The average molecular weight is 243 g/mol. The second-order valence-corrected chi connectivity index (χ2v) is 4.28. The molecule has 2 rings (SSSR count). The molecule has 2 atom stereocenters. The van der Waals surface area contributed by atoms with Crippen LogP contribution in [0.2, 0.25) is 5.02 Å². The van der Waals surface area contributed by atoms with Crippen LogP contribution in [0.25, 0.3) is 0 Å². The van der Waals surface area contributed by atoms with Crippen molar-refractivity contribution in [3.05, 3.63) is 11.3 Å². The molecule has 6 heteroatoms. The number of nitrogens with two attached hydrogens (primary N) is 1. The van der Waals surface area contributed by atoms with Gasteiger partial charge in [-0.1, -0.05) is 11.6 Å². The fourth-order valence-corrected chi connectivity index (χ4v) is 1.94. The van der Waals surface area contributed by atoms with Crippen molar-refractivity contribution in [2.75, 3.05) is 17.7 Å². The number of rotatable bonds is 3. The Kier molecular flexibility index (Phi) is 3.46. The van der Waals surface area contributed by atoms with Crippen LogP contribution in [-0.2, 0) is 4.74 Å². The number of hydrogen-bond acceptors (Lipinski definition) is 5. The number of anilines is 2. The molecular weight excluding hydrogens is 228 g/mol. The van der Waals surface area contributed by atoms with Crippen molar-refractivity contribution in [1.82, 2.24) is 9.97 Å². The van der Waals surface area contributed by atoms with Crippen LogP contribution < -0.4 is 11.1 Å². The van der Waals surface area contributed by atoms with E-state index in [9.17, 15) is 0 Å². The Balaban J connectivity index is 2.05. The third kappa shape index (κ3) is 2.36. The summed E-state index contributed by atoms with van der Waals surface area (Å²) in [5.74, 6) is 0.857. The zero-order valence-electron chi connectivity index (χ0n) is 9.11. The van der Waals surface area contributed by atoms with E-state index in [0.717, 1.165) is 19.4 Å². The molecule has 3 N–H and O–H groups in total. The molecule has 1 aromatic heterocycles. The molecule has 1 aliphatic heterocycles. The molecule has 1 aliphatic rings. The zero-order chi connectivity index (χ0) is 11.5. The van der Waals surface area contributed by atoms with Crippen molar-refractivity contribution in [2.45, 2.75) is 31.9 Å². The van der Waals surface area contributed by atoms with Crippen LogP contribution in [0, 0.1) is 0 Å². The van der Waals surface area contributed by atoms with Gasteiger partial charge in [-0.25, -0.2) is 9.97 Å². The molecule has 0 aromatic carbocycles. The summed E-state index contributed by atoms with van der Waals surface area (Å²) in [6, 6.07) is 0.161. The molecule has 2 heterocycles. The van der Waals surface area contributed by atoms with Crippen LogP contribution in [0.4, 0.5) is 11.6 Å². The van der Waals surface area contributed by atoms with Crippen LogP contribution in [0.3, 0.4) is 0 Å². The summed E-state index contributed by atoms with van der Waals surface area (Å²) in [6.45, 7) is 2.88. The first-order chi connectivity index (χ1) is 7.68. The number of nitrogen functional groups attached to an aromatic ring is 1. The minimum absolute atomic E-state index is 0.161. The molecule has 5 nitrogen and oxygen atoms in total. The minimum Gasteiger partial charge on any atom is -0.382 e. The number of ether oxygens (including phenoxy) is 1. The Morgan fingerprint density at radius 1 is 1.62 bits per heavy atom. The standard InChI is InChI=1S/C10H15ClN4O/c1-6(7-3-2-4-16-7)15-10-8(11)9(12)13-5-14-10/h5-7H,2-4H2,1H3,(H3,12,13,14,15). The van der Waals surface area contributed by atoms with Crippen molar-refractivity contribution in [2.24, 2.45) is 0 Å². The molecule has 88 valence electrons. The summed E-state index contributed by atoms with van der Waals surface area (Å²) >= 11 is 5.99. The molecule has 1 aromatic rings. The average Bonchev–Trinajstić information content (AvgIpc) is 2.78. The first-order valence-electron chi connectivity index (χ1n) is 5.32. The van der Waals surface area contributed by atoms with E-state index in [1.807, 2.05) is 6.92 Å². The Morgan fingerprint density at radius 3 is 3.12 bits per heavy atom. The lowest BCUT2D eigenvalue weighted by molar-refractivity contribution is 0.0995. The van der Waals surface area contributed by atoms with Crippen LogP contribution >= 0.6 is 11.6 Å². The molecule has 0 radical (unpaired) electrons. The van der Waals surface area contributed by atoms with Gasteiger partial charge in [0.25, 0.3) is 0 Å². The molecule has 1 fully saturated rings. The molecule has 16 heavy (non-hydrogen) atoms. The highest BCUT2D eigenvalue weighted by molar-refractivity contribution is 6.35. The van der Waals surface area contributed by atoms with Gasteiger partial charge in [0.05, 0.1) is 12.1 Å². The molecular formula is C10H15ClN4O. The Labute approximate surface area is 99.4 Å². The summed E-state index contributed by atoms with van der Waals surface area (Å²) in [5.41, 5.74) is 5.60. The van der Waals surface area contributed by atoms with Gasteiger partial charge in [-0.15, -0.1) is 0 Å². The van der Waals surface area contributed by atoms with E-state index < -0.39 is 0 Å². The fourth-order valence-electron chi connectivity index (χ4n) is 1.79. The Hall–Kier alpha value is -1.07. The lowest BCUT2D eigenvalue weighted by atomic mass is 10.1. The predicted molar refractivity (Wildman–Crippen MR) is 63.5 cm³/mol. The first kappa shape index (κ1) is 11.4. The van der Waals surface area contributed by atoms with Crippen molar-refractivity contribution >= 4 is 23.2 Å². The van der Waals surface area contributed by atoms with Gasteiger partial charge in [-0.05, 0) is 19.8 Å². The lowest BCUT2D eigenvalue weighted by Gasteiger charge is -2.21. The Bertz CT molecular complexity index is 368. The van der Waals surface area contributed by atoms with Gasteiger partial charge in [0.1, 0.15) is 17.2 Å². The van der Waals surface area contributed by atoms with Crippen molar-refractivity contribution in [3.8, 4) is 0 Å². The summed E-state index contributed by atoms with van der Waals surface area (Å²) in [6.07, 6.45) is 3.78. The largest absolute Gasteiger partial charge is 0.382 e. The summed E-state index contributed by atoms with van der Waals surface area (Å²) in [7, 11) is 0. The maximum atomic E-state index is 5.99. The second-order valence-electron chi connectivity index (χ2n) is 3.91. The normalized spacial score (nSPS) is 22.0. The quantitative estimate of drug-likeness (QED) is 0.844. The maximum absolute atomic E-state index is 5.99. The van der Waals surface area contributed by atoms with Gasteiger partial charge in [0, 0.05) is 6.61 Å². The Morgan fingerprint density at radius 2 is 2.44 bits per heavy atom. The second kappa shape index (κ2) is 4.84. The highest BCUT2D eigenvalue weighted by Crippen LogP contribution is 2.25. The van der Waals surface area contributed by atoms with Crippen LogP contribution in [0.15, 0.2) is 6.33 Å². The third-order valence-corrected chi connectivity index (χ3v) is 3.08. The number of hydrogen-bond donors (Lipinski definition) is 2. The molecule has 2 unspecified atom stereocenters. The SMILES string of the molecule is CC(Nc1ncnc(N)c1Cl)C1CCCO1. The fraction of sp³-hybridized carbons (Fsp3) is 0.600. The van der Waals surface area contributed by atoms with E-state index in [4.69, 9.17) is 22.1 Å². The highest BCUT2D eigenvalue weighted by Gasteiger charge is 2.23. The van der Waals surface area contributed by atoms with E-state index in [-0.39, 0.29) is 12.1 Å². The van der Waals surface area contributed by atoms with Crippen molar-refractivity contribution < 1.29 is 4.74 Å². The molecule has 0 bridgehead atoms. The number of halogens is 1. The van der Waals surface area contributed by atoms with Gasteiger partial charge in [0.2, 0.25) is 0 Å². The van der Waals surface area contributed by atoms with Crippen molar-refractivity contribution in [1.29, 1.82) is 0 Å². The van der Waals surface area contributed by atoms with Gasteiger partial charge >= 0.3 is 0 Å². The van der Waals surface area contributed by atoms with Gasteiger partial charge < -0.3 is 15.8 Å². The van der Waals surface area contributed by atoms with E-state index in [1.165, 1.54) is 6.33 Å². The minimum atomic E-state index is 0.161. The topological polar surface area (TPSA) is 73.1 Å². The molecule has 0 spiro atoms. The highest BCUT2D eigenvalue weighted by atomic mass is 35.5.